The smallest absolute Gasteiger partial charge is 0.315 e. The summed E-state index contributed by atoms with van der Waals surface area (Å²) in [5.41, 5.74) is 0.490. The number of aliphatic hydroxyl groups excluding tert-OH is 1. The van der Waals surface area contributed by atoms with Crippen molar-refractivity contribution >= 4 is 17.6 Å². The van der Waals surface area contributed by atoms with Crippen molar-refractivity contribution in [2.45, 2.75) is 40.3 Å². The molecule has 0 fully saturated rings. The summed E-state index contributed by atoms with van der Waals surface area (Å²) in [6, 6.07) is 3.22. The Morgan fingerprint density at radius 2 is 2.05 bits per heavy atom. The highest BCUT2D eigenvalue weighted by Gasteiger charge is 2.30. The number of aliphatic hydroxyl groups is 1. The van der Waals surface area contributed by atoms with E-state index < -0.39 is 6.10 Å². The lowest BCUT2D eigenvalue weighted by Gasteiger charge is -2.33. The molecule has 0 saturated heterocycles. The van der Waals surface area contributed by atoms with Crippen LogP contribution >= 0.6 is 11.6 Å². The maximum Gasteiger partial charge on any atom is 0.315 e. The minimum Gasteiger partial charge on any atom is -0.392 e. The molecule has 0 aromatic carbocycles. The lowest BCUT2D eigenvalue weighted by molar-refractivity contribution is 0.0151. The standard InChI is InChI=1S/C15H24ClN3O2/c1-10(2)13(20)15(3,4)9-19-14(21)18-8-11-5-6-12(16)17-7-11/h5-7,10,13,20H,8-9H2,1-4H3,(H2,18,19,21). The first-order valence-electron chi connectivity index (χ1n) is 7.02. The van der Waals surface area contributed by atoms with Gasteiger partial charge in [-0.1, -0.05) is 45.4 Å². The number of nitrogens with zero attached hydrogens (tertiary/aromatic N) is 1. The minimum atomic E-state index is -0.474. The first-order valence-corrected chi connectivity index (χ1v) is 7.40. The van der Waals surface area contributed by atoms with Crippen LogP contribution in [0.4, 0.5) is 4.79 Å². The Morgan fingerprint density at radius 1 is 1.38 bits per heavy atom. The zero-order valence-electron chi connectivity index (χ0n) is 13.0. The van der Waals surface area contributed by atoms with Gasteiger partial charge in [0.1, 0.15) is 5.15 Å². The number of amides is 2. The molecule has 1 aromatic rings. The largest absolute Gasteiger partial charge is 0.392 e. The van der Waals surface area contributed by atoms with E-state index in [4.69, 9.17) is 11.6 Å². The van der Waals surface area contributed by atoms with E-state index in [0.717, 1.165) is 5.56 Å². The predicted molar refractivity (Wildman–Crippen MR) is 84.1 cm³/mol. The highest BCUT2D eigenvalue weighted by molar-refractivity contribution is 6.29. The van der Waals surface area contributed by atoms with Crippen molar-refractivity contribution in [1.82, 2.24) is 15.6 Å². The maximum absolute atomic E-state index is 11.8. The summed E-state index contributed by atoms with van der Waals surface area (Å²) in [6.07, 6.45) is 1.15. The number of rotatable bonds is 6. The van der Waals surface area contributed by atoms with Crippen molar-refractivity contribution in [3.63, 3.8) is 0 Å². The van der Waals surface area contributed by atoms with Crippen molar-refractivity contribution < 1.29 is 9.90 Å². The van der Waals surface area contributed by atoms with Crippen molar-refractivity contribution in [3.8, 4) is 0 Å². The van der Waals surface area contributed by atoms with Gasteiger partial charge in [-0.05, 0) is 17.5 Å². The van der Waals surface area contributed by atoms with E-state index in [2.05, 4.69) is 15.6 Å². The van der Waals surface area contributed by atoms with Crippen LogP contribution in [0.25, 0.3) is 0 Å². The molecule has 0 radical (unpaired) electrons. The maximum atomic E-state index is 11.8. The average Bonchev–Trinajstić information content (AvgIpc) is 2.43. The van der Waals surface area contributed by atoms with Gasteiger partial charge in [0.15, 0.2) is 0 Å². The molecular formula is C15H24ClN3O2. The molecule has 1 atom stereocenters. The van der Waals surface area contributed by atoms with Crippen molar-refractivity contribution in [3.05, 3.63) is 29.0 Å². The molecule has 1 unspecified atom stereocenters. The second kappa shape index (κ2) is 7.61. The Balaban J connectivity index is 2.39. The molecule has 6 heteroatoms. The molecule has 1 heterocycles. The quantitative estimate of drug-likeness (QED) is 0.707. The van der Waals surface area contributed by atoms with E-state index >= 15 is 0 Å². The molecule has 1 aromatic heterocycles. The molecule has 118 valence electrons. The molecule has 0 spiro atoms. The number of carbonyl (C=O) groups is 1. The fourth-order valence-corrected chi connectivity index (χ4v) is 2.18. The van der Waals surface area contributed by atoms with E-state index in [1.165, 1.54) is 0 Å². The summed E-state index contributed by atoms with van der Waals surface area (Å²) in [5, 5.41) is 16.1. The van der Waals surface area contributed by atoms with Crippen molar-refractivity contribution in [2.75, 3.05) is 6.54 Å². The van der Waals surface area contributed by atoms with Gasteiger partial charge in [0, 0.05) is 24.7 Å². The molecule has 2 amide bonds. The van der Waals surface area contributed by atoms with Gasteiger partial charge < -0.3 is 15.7 Å². The highest BCUT2D eigenvalue weighted by Crippen LogP contribution is 2.24. The molecular weight excluding hydrogens is 290 g/mol. The molecule has 0 saturated carbocycles. The predicted octanol–water partition coefficient (Wildman–Crippen LogP) is 2.58. The Labute approximate surface area is 131 Å². The van der Waals surface area contributed by atoms with E-state index in [1.807, 2.05) is 33.8 Å². The SMILES string of the molecule is CC(C)C(O)C(C)(C)CNC(=O)NCc1ccc(Cl)nc1. The highest BCUT2D eigenvalue weighted by atomic mass is 35.5. The summed E-state index contributed by atoms with van der Waals surface area (Å²) in [5.74, 6) is 0.144. The number of urea groups is 1. The number of pyridine rings is 1. The van der Waals surface area contributed by atoms with E-state index in [9.17, 15) is 9.90 Å². The van der Waals surface area contributed by atoms with Gasteiger partial charge in [-0.3, -0.25) is 0 Å². The topological polar surface area (TPSA) is 74.2 Å². The van der Waals surface area contributed by atoms with Gasteiger partial charge in [-0.15, -0.1) is 0 Å². The van der Waals surface area contributed by atoms with Gasteiger partial charge in [-0.2, -0.15) is 0 Å². The third-order valence-corrected chi connectivity index (χ3v) is 3.60. The monoisotopic (exact) mass is 313 g/mol. The molecule has 0 aliphatic carbocycles. The van der Waals surface area contributed by atoms with Gasteiger partial charge >= 0.3 is 6.03 Å². The summed E-state index contributed by atoms with van der Waals surface area (Å²) in [6.45, 7) is 8.56. The molecule has 5 nitrogen and oxygen atoms in total. The van der Waals surface area contributed by atoms with Crippen LogP contribution in [0, 0.1) is 11.3 Å². The van der Waals surface area contributed by atoms with Crippen molar-refractivity contribution in [2.24, 2.45) is 11.3 Å². The summed E-state index contributed by atoms with van der Waals surface area (Å²) >= 11 is 5.69. The molecule has 0 bridgehead atoms. The number of aromatic nitrogens is 1. The lowest BCUT2D eigenvalue weighted by atomic mass is 9.81. The van der Waals surface area contributed by atoms with E-state index in [-0.39, 0.29) is 17.4 Å². The number of halogens is 1. The Kier molecular flexibility index (Phi) is 6.42. The van der Waals surface area contributed by atoms with Gasteiger partial charge in [0.25, 0.3) is 0 Å². The summed E-state index contributed by atoms with van der Waals surface area (Å²) in [4.78, 5) is 15.7. The normalized spacial score (nSPS) is 13.1. The van der Waals surface area contributed by atoms with E-state index in [1.54, 1.807) is 12.3 Å². The molecule has 1 rings (SSSR count). The van der Waals surface area contributed by atoms with Crippen molar-refractivity contribution in [1.29, 1.82) is 0 Å². The van der Waals surface area contributed by atoms with Crippen LogP contribution in [0.5, 0.6) is 0 Å². The van der Waals surface area contributed by atoms with Crippen LogP contribution in [-0.4, -0.2) is 28.8 Å². The number of hydrogen-bond acceptors (Lipinski definition) is 3. The third-order valence-electron chi connectivity index (χ3n) is 3.38. The average molecular weight is 314 g/mol. The number of nitrogens with one attached hydrogen (secondary N) is 2. The zero-order chi connectivity index (χ0) is 16.0. The Bertz CT molecular complexity index is 460. The van der Waals surface area contributed by atoms with Crippen LogP contribution in [0.1, 0.15) is 33.3 Å². The summed E-state index contributed by atoms with van der Waals surface area (Å²) in [7, 11) is 0. The van der Waals surface area contributed by atoms with Gasteiger partial charge in [0.05, 0.1) is 6.10 Å². The van der Waals surface area contributed by atoms with Crippen LogP contribution in [0.15, 0.2) is 18.3 Å². The molecule has 3 N–H and O–H groups in total. The first-order chi connectivity index (χ1) is 9.72. The fraction of sp³-hybridized carbons (Fsp3) is 0.600. The fourth-order valence-electron chi connectivity index (χ4n) is 2.07. The Morgan fingerprint density at radius 3 is 2.57 bits per heavy atom. The van der Waals surface area contributed by atoms with Crippen LogP contribution < -0.4 is 10.6 Å². The number of carbonyl (C=O) groups excluding carboxylic acids is 1. The molecule has 0 aliphatic rings. The lowest BCUT2D eigenvalue weighted by Crippen LogP contribution is -2.46. The Hall–Kier alpha value is -1.33. The second-order valence-electron chi connectivity index (χ2n) is 6.20. The summed E-state index contributed by atoms with van der Waals surface area (Å²) < 4.78 is 0. The second-order valence-corrected chi connectivity index (χ2v) is 6.59. The minimum absolute atomic E-state index is 0.144. The van der Waals surface area contributed by atoms with E-state index in [0.29, 0.717) is 18.2 Å². The van der Waals surface area contributed by atoms with Crippen LogP contribution in [0.2, 0.25) is 5.15 Å². The number of hydrogen-bond donors (Lipinski definition) is 3. The first kappa shape index (κ1) is 17.7. The zero-order valence-corrected chi connectivity index (χ0v) is 13.7. The van der Waals surface area contributed by atoms with Crippen LogP contribution in [-0.2, 0) is 6.54 Å². The molecule has 21 heavy (non-hydrogen) atoms. The third kappa shape index (κ3) is 5.89. The van der Waals surface area contributed by atoms with Gasteiger partial charge in [0.2, 0.25) is 0 Å². The molecule has 0 aliphatic heterocycles. The van der Waals surface area contributed by atoms with Crippen LogP contribution in [0.3, 0.4) is 0 Å². The van der Waals surface area contributed by atoms with Gasteiger partial charge in [-0.25, -0.2) is 9.78 Å².